The van der Waals surface area contributed by atoms with Gasteiger partial charge in [0.1, 0.15) is 6.20 Å². The molecule has 10 nitrogen and oxygen atoms in total. The zero-order valence-corrected chi connectivity index (χ0v) is 10.9. The first-order valence-corrected chi connectivity index (χ1v) is 5.65. The van der Waals surface area contributed by atoms with E-state index in [0.29, 0.717) is 0 Å². The first-order chi connectivity index (χ1) is 9.90. The molecule has 21 heavy (non-hydrogen) atoms. The predicted octanol–water partition coefficient (Wildman–Crippen LogP) is 2.32. The number of halogens is 1. The molecule has 0 atom stereocenters. The van der Waals surface area contributed by atoms with Gasteiger partial charge in [0.25, 0.3) is 0 Å². The third-order valence-corrected chi connectivity index (χ3v) is 2.59. The van der Waals surface area contributed by atoms with E-state index in [1.165, 1.54) is 12.1 Å². The number of nitro groups is 2. The van der Waals surface area contributed by atoms with Crippen molar-refractivity contribution in [2.24, 2.45) is 0 Å². The molecule has 0 saturated carbocycles. The van der Waals surface area contributed by atoms with Gasteiger partial charge in [-0.3, -0.25) is 20.2 Å². The quantitative estimate of drug-likeness (QED) is 0.668. The minimum atomic E-state index is -0.808. The summed E-state index contributed by atoms with van der Waals surface area (Å²) in [6.45, 7) is 0. The second-order valence-electron chi connectivity index (χ2n) is 3.62. The summed E-state index contributed by atoms with van der Waals surface area (Å²) in [6.07, 6.45) is 0.834. The number of hydrogen-bond acceptors (Lipinski definition) is 8. The Morgan fingerprint density at radius 3 is 2.48 bits per heavy atom. The van der Waals surface area contributed by atoms with Gasteiger partial charge in [-0.05, 0) is 6.07 Å². The number of nitrogens with two attached hydrogens (primary N) is 1. The third-order valence-electron chi connectivity index (χ3n) is 2.29. The summed E-state index contributed by atoms with van der Waals surface area (Å²) in [5, 5.41) is 21.7. The van der Waals surface area contributed by atoms with Gasteiger partial charge in [-0.25, -0.2) is 4.98 Å². The Kier molecular flexibility index (Phi) is 3.80. The Morgan fingerprint density at radius 1 is 1.19 bits per heavy atom. The fourth-order valence-corrected chi connectivity index (χ4v) is 1.62. The average molecular weight is 312 g/mol. The first-order valence-electron chi connectivity index (χ1n) is 5.28. The van der Waals surface area contributed by atoms with Crippen molar-refractivity contribution in [3.63, 3.8) is 0 Å². The molecule has 11 heteroatoms. The van der Waals surface area contributed by atoms with Gasteiger partial charge in [-0.1, -0.05) is 17.7 Å². The number of benzene rings is 1. The van der Waals surface area contributed by atoms with Gasteiger partial charge in [-0.2, -0.15) is 4.98 Å². The first kappa shape index (κ1) is 14.4. The highest BCUT2D eigenvalue weighted by molar-refractivity contribution is 6.32. The van der Waals surface area contributed by atoms with E-state index in [1.807, 2.05) is 0 Å². The molecule has 0 bridgehead atoms. The van der Waals surface area contributed by atoms with Gasteiger partial charge in [-0.15, -0.1) is 0 Å². The smallest absolute Gasteiger partial charge is 0.349 e. The molecule has 1 aromatic carbocycles. The van der Waals surface area contributed by atoms with Crippen molar-refractivity contribution in [1.82, 2.24) is 9.97 Å². The molecule has 0 aliphatic heterocycles. The van der Waals surface area contributed by atoms with Gasteiger partial charge in [0.2, 0.25) is 11.7 Å². The number of nitrogens with zero attached hydrogens (tertiary/aromatic N) is 4. The Labute approximate surface area is 121 Å². The average Bonchev–Trinajstić information content (AvgIpc) is 2.40. The van der Waals surface area contributed by atoms with Crippen LogP contribution in [0.4, 0.5) is 17.3 Å². The van der Waals surface area contributed by atoms with Crippen LogP contribution in [0.15, 0.2) is 24.4 Å². The molecule has 0 aliphatic rings. The molecule has 1 heterocycles. The van der Waals surface area contributed by atoms with Crippen molar-refractivity contribution in [3.05, 3.63) is 49.6 Å². The molecular weight excluding hydrogens is 306 g/mol. The molecule has 0 radical (unpaired) electrons. The van der Waals surface area contributed by atoms with E-state index in [4.69, 9.17) is 22.1 Å². The maximum Gasteiger partial charge on any atom is 0.349 e. The number of nitrogen functional groups attached to an aromatic ring is 1. The van der Waals surface area contributed by atoms with Crippen molar-refractivity contribution in [3.8, 4) is 11.6 Å². The van der Waals surface area contributed by atoms with Gasteiger partial charge in [0.15, 0.2) is 0 Å². The molecular formula is C10H6ClN5O5. The lowest BCUT2D eigenvalue weighted by Crippen LogP contribution is -2.02. The Balaban J connectivity index is 2.55. The van der Waals surface area contributed by atoms with E-state index in [1.54, 1.807) is 0 Å². The molecule has 0 saturated heterocycles. The fraction of sp³-hybridized carbons (Fsp3) is 0. The number of anilines is 1. The highest BCUT2D eigenvalue weighted by Gasteiger charge is 2.25. The maximum atomic E-state index is 10.9. The monoisotopic (exact) mass is 311 g/mol. The summed E-state index contributed by atoms with van der Waals surface area (Å²) >= 11 is 5.82. The summed E-state index contributed by atoms with van der Waals surface area (Å²) in [5.74, 6) is -1.20. The normalized spacial score (nSPS) is 10.1. The molecule has 108 valence electrons. The van der Waals surface area contributed by atoms with E-state index in [-0.39, 0.29) is 16.7 Å². The Bertz CT molecular complexity index is 738. The summed E-state index contributed by atoms with van der Waals surface area (Å²) in [6, 6.07) is 3.81. The zero-order chi connectivity index (χ0) is 15.6. The van der Waals surface area contributed by atoms with Crippen LogP contribution in [0.2, 0.25) is 5.02 Å². The number of rotatable bonds is 4. The van der Waals surface area contributed by atoms with Gasteiger partial charge in [0, 0.05) is 6.07 Å². The number of nitro benzene ring substituents is 1. The zero-order valence-electron chi connectivity index (χ0n) is 10.1. The second-order valence-corrected chi connectivity index (χ2v) is 4.03. The highest BCUT2D eigenvalue weighted by atomic mass is 35.5. The lowest BCUT2D eigenvalue weighted by Gasteiger charge is -2.07. The molecule has 0 unspecified atom stereocenters. The highest BCUT2D eigenvalue weighted by Crippen LogP contribution is 2.39. The summed E-state index contributed by atoms with van der Waals surface area (Å²) in [4.78, 5) is 27.3. The Hall–Kier alpha value is -3.01. The van der Waals surface area contributed by atoms with E-state index in [0.717, 1.165) is 12.3 Å². The van der Waals surface area contributed by atoms with Gasteiger partial charge >= 0.3 is 17.3 Å². The third kappa shape index (κ3) is 2.95. The second kappa shape index (κ2) is 5.54. The number of aromatic nitrogens is 2. The maximum absolute atomic E-state index is 10.9. The van der Waals surface area contributed by atoms with Crippen LogP contribution >= 0.6 is 11.6 Å². The molecule has 2 aromatic rings. The minimum absolute atomic E-state index is 0.101. The minimum Gasteiger partial charge on any atom is -0.425 e. The van der Waals surface area contributed by atoms with Crippen LogP contribution in [-0.4, -0.2) is 19.8 Å². The lowest BCUT2D eigenvalue weighted by atomic mass is 10.3. The van der Waals surface area contributed by atoms with E-state index in [9.17, 15) is 20.2 Å². The van der Waals surface area contributed by atoms with Gasteiger partial charge in [0.05, 0.1) is 14.9 Å². The van der Waals surface area contributed by atoms with Crippen molar-refractivity contribution in [2.75, 3.05) is 5.73 Å². The van der Waals surface area contributed by atoms with Crippen LogP contribution in [0.5, 0.6) is 11.6 Å². The van der Waals surface area contributed by atoms with Crippen LogP contribution in [0.3, 0.4) is 0 Å². The van der Waals surface area contributed by atoms with Crippen LogP contribution in [0.1, 0.15) is 0 Å². The van der Waals surface area contributed by atoms with Crippen LogP contribution in [-0.2, 0) is 0 Å². The van der Waals surface area contributed by atoms with E-state index < -0.39 is 27.1 Å². The van der Waals surface area contributed by atoms with Gasteiger partial charge < -0.3 is 10.5 Å². The SMILES string of the molecule is Nc1ncc([N+](=O)[O-])c(Oc2c(Cl)cccc2[N+](=O)[O-])n1. The molecule has 0 amide bonds. The molecule has 2 rings (SSSR count). The summed E-state index contributed by atoms with van der Waals surface area (Å²) < 4.78 is 5.13. The summed E-state index contributed by atoms with van der Waals surface area (Å²) in [5.41, 5.74) is 4.26. The van der Waals surface area contributed by atoms with Crippen LogP contribution in [0, 0.1) is 20.2 Å². The standard InChI is InChI=1S/C10H6ClN5O5/c11-5-2-1-3-6(15(17)18)8(5)21-9-7(16(19)20)4-13-10(12)14-9/h1-4H,(H2,12,13,14). The van der Waals surface area contributed by atoms with E-state index >= 15 is 0 Å². The molecule has 2 N–H and O–H groups in total. The Morgan fingerprint density at radius 2 is 1.86 bits per heavy atom. The molecule has 0 spiro atoms. The van der Waals surface area contributed by atoms with Crippen LogP contribution < -0.4 is 10.5 Å². The number of para-hydroxylation sites is 1. The fourth-order valence-electron chi connectivity index (χ4n) is 1.41. The van der Waals surface area contributed by atoms with Crippen LogP contribution in [0.25, 0.3) is 0 Å². The van der Waals surface area contributed by atoms with Crippen molar-refractivity contribution in [2.45, 2.75) is 0 Å². The largest absolute Gasteiger partial charge is 0.425 e. The van der Waals surface area contributed by atoms with Crippen molar-refractivity contribution < 1.29 is 14.6 Å². The molecule has 0 aliphatic carbocycles. The van der Waals surface area contributed by atoms with Crippen molar-refractivity contribution in [1.29, 1.82) is 0 Å². The summed E-state index contributed by atoms with van der Waals surface area (Å²) in [7, 11) is 0. The number of ether oxygens (including phenoxy) is 1. The topological polar surface area (TPSA) is 147 Å². The lowest BCUT2D eigenvalue weighted by molar-refractivity contribution is -0.387. The predicted molar refractivity (Wildman–Crippen MR) is 71.3 cm³/mol. The molecule has 1 aromatic heterocycles. The number of hydrogen-bond donors (Lipinski definition) is 1. The van der Waals surface area contributed by atoms with E-state index in [2.05, 4.69) is 9.97 Å². The molecule has 0 fully saturated rings. The van der Waals surface area contributed by atoms with Crippen molar-refractivity contribution >= 4 is 28.9 Å².